The standard InChI is InChI=1S/C17H17NO5/c1-2-3-4-9-23-17(22)14-15(20)13(10-18-16(14)21)11-5-7-12(19)8-6-11/h2,5-8,10,19H,1,3-4,9H2,(H2,18,20,21). The number of hydrogen-bond acceptors (Lipinski definition) is 5. The molecule has 0 saturated carbocycles. The smallest absolute Gasteiger partial charge is 0.347 e. The highest BCUT2D eigenvalue weighted by molar-refractivity contribution is 5.94. The number of allylic oxidation sites excluding steroid dienone is 1. The molecule has 0 unspecified atom stereocenters. The van der Waals surface area contributed by atoms with Gasteiger partial charge in [-0.15, -0.1) is 6.58 Å². The summed E-state index contributed by atoms with van der Waals surface area (Å²) in [5.41, 5.74) is -0.354. The zero-order valence-electron chi connectivity index (χ0n) is 12.4. The Balaban J connectivity index is 2.31. The van der Waals surface area contributed by atoms with Crippen molar-refractivity contribution in [2.75, 3.05) is 6.61 Å². The second-order valence-corrected chi connectivity index (χ2v) is 4.87. The Morgan fingerprint density at radius 3 is 2.61 bits per heavy atom. The molecule has 0 fully saturated rings. The largest absolute Gasteiger partial charge is 0.508 e. The maximum Gasteiger partial charge on any atom is 0.347 e. The van der Waals surface area contributed by atoms with E-state index in [4.69, 9.17) is 4.74 Å². The van der Waals surface area contributed by atoms with Gasteiger partial charge in [0.2, 0.25) is 0 Å². The fourth-order valence-electron chi connectivity index (χ4n) is 2.04. The Kier molecular flexibility index (Phi) is 5.19. The Labute approximate surface area is 132 Å². The van der Waals surface area contributed by atoms with E-state index in [1.807, 2.05) is 0 Å². The van der Waals surface area contributed by atoms with Crippen LogP contribution in [0.25, 0.3) is 11.1 Å². The molecule has 1 aromatic carbocycles. The molecule has 2 aromatic rings. The van der Waals surface area contributed by atoms with E-state index in [9.17, 15) is 19.8 Å². The molecule has 0 radical (unpaired) electrons. The summed E-state index contributed by atoms with van der Waals surface area (Å²) in [7, 11) is 0. The van der Waals surface area contributed by atoms with Gasteiger partial charge in [0.1, 0.15) is 11.5 Å². The minimum Gasteiger partial charge on any atom is -0.508 e. The number of phenolic OH excluding ortho intramolecular Hbond substituents is 1. The summed E-state index contributed by atoms with van der Waals surface area (Å²) in [5, 5.41) is 19.6. The van der Waals surface area contributed by atoms with Gasteiger partial charge in [-0.25, -0.2) is 4.79 Å². The van der Waals surface area contributed by atoms with Crippen molar-refractivity contribution in [1.29, 1.82) is 0 Å². The molecule has 0 aliphatic carbocycles. The van der Waals surface area contributed by atoms with Gasteiger partial charge in [-0.3, -0.25) is 4.79 Å². The van der Waals surface area contributed by atoms with E-state index in [-0.39, 0.29) is 17.9 Å². The summed E-state index contributed by atoms with van der Waals surface area (Å²) >= 11 is 0. The average molecular weight is 315 g/mol. The first-order valence-corrected chi connectivity index (χ1v) is 7.06. The number of phenols is 1. The zero-order chi connectivity index (χ0) is 16.8. The number of aromatic hydroxyl groups is 2. The van der Waals surface area contributed by atoms with E-state index in [0.717, 1.165) is 0 Å². The molecular weight excluding hydrogens is 298 g/mol. The Hall–Kier alpha value is -3.02. The van der Waals surface area contributed by atoms with Crippen molar-refractivity contribution >= 4 is 5.97 Å². The molecule has 2 rings (SSSR count). The molecule has 120 valence electrons. The van der Waals surface area contributed by atoms with Crippen LogP contribution in [0.5, 0.6) is 11.5 Å². The highest BCUT2D eigenvalue weighted by atomic mass is 16.5. The number of carbonyl (C=O) groups excluding carboxylic acids is 1. The lowest BCUT2D eigenvalue weighted by Gasteiger charge is -2.09. The molecule has 1 heterocycles. The van der Waals surface area contributed by atoms with Crippen LogP contribution in [0, 0.1) is 0 Å². The predicted octanol–water partition coefficient (Wildman–Crippen LogP) is 2.58. The third-order valence-electron chi connectivity index (χ3n) is 3.23. The number of pyridine rings is 1. The molecule has 0 aliphatic heterocycles. The summed E-state index contributed by atoms with van der Waals surface area (Å²) in [6.45, 7) is 3.69. The van der Waals surface area contributed by atoms with Gasteiger partial charge in [-0.2, -0.15) is 0 Å². The van der Waals surface area contributed by atoms with Crippen LogP contribution < -0.4 is 5.56 Å². The summed E-state index contributed by atoms with van der Waals surface area (Å²) < 4.78 is 5.00. The highest BCUT2D eigenvalue weighted by Gasteiger charge is 2.21. The summed E-state index contributed by atoms with van der Waals surface area (Å²) in [4.78, 5) is 26.3. The van der Waals surface area contributed by atoms with Crippen LogP contribution in [0.1, 0.15) is 23.2 Å². The Morgan fingerprint density at radius 1 is 1.26 bits per heavy atom. The van der Waals surface area contributed by atoms with E-state index >= 15 is 0 Å². The first-order chi connectivity index (χ1) is 11.0. The molecule has 1 aromatic heterocycles. The molecule has 3 N–H and O–H groups in total. The van der Waals surface area contributed by atoms with Crippen LogP contribution in [0.4, 0.5) is 0 Å². The quantitative estimate of drug-likeness (QED) is 0.432. The molecular formula is C17H17NO5. The summed E-state index contributed by atoms with van der Waals surface area (Å²) in [5.74, 6) is -1.26. The second-order valence-electron chi connectivity index (χ2n) is 4.87. The van der Waals surface area contributed by atoms with Crippen molar-refractivity contribution in [1.82, 2.24) is 4.98 Å². The lowest BCUT2D eigenvalue weighted by atomic mass is 10.0. The number of esters is 1. The van der Waals surface area contributed by atoms with Gasteiger partial charge < -0.3 is 19.9 Å². The number of benzene rings is 1. The second kappa shape index (κ2) is 7.31. The Bertz CT molecular complexity index is 762. The third-order valence-corrected chi connectivity index (χ3v) is 3.23. The van der Waals surface area contributed by atoms with Gasteiger partial charge in [0, 0.05) is 11.8 Å². The van der Waals surface area contributed by atoms with Crippen molar-refractivity contribution < 1.29 is 19.7 Å². The van der Waals surface area contributed by atoms with Crippen LogP contribution in [-0.2, 0) is 4.74 Å². The van der Waals surface area contributed by atoms with E-state index in [1.54, 1.807) is 18.2 Å². The maximum absolute atomic E-state index is 12.0. The number of rotatable bonds is 6. The normalized spacial score (nSPS) is 10.3. The number of aromatic amines is 1. The van der Waals surface area contributed by atoms with Gasteiger partial charge in [-0.1, -0.05) is 18.2 Å². The van der Waals surface area contributed by atoms with Crippen molar-refractivity contribution in [3.05, 3.63) is 59.0 Å². The maximum atomic E-state index is 12.0. The van der Waals surface area contributed by atoms with Crippen LogP contribution in [0.15, 0.2) is 47.9 Å². The fraction of sp³-hybridized carbons (Fsp3) is 0.176. The lowest BCUT2D eigenvalue weighted by molar-refractivity contribution is 0.0496. The van der Waals surface area contributed by atoms with Crippen LogP contribution in [0.2, 0.25) is 0 Å². The predicted molar refractivity (Wildman–Crippen MR) is 85.5 cm³/mol. The van der Waals surface area contributed by atoms with Crippen LogP contribution >= 0.6 is 0 Å². The number of hydrogen-bond donors (Lipinski definition) is 3. The van der Waals surface area contributed by atoms with Crippen molar-refractivity contribution in [3.63, 3.8) is 0 Å². The molecule has 0 saturated heterocycles. The van der Waals surface area contributed by atoms with Gasteiger partial charge >= 0.3 is 5.97 Å². The fourth-order valence-corrected chi connectivity index (χ4v) is 2.04. The van der Waals surface area contributed by atoms with Crippen LogP contribution in [-0.4, -0.2) is 27.8 Å². The van der Waals surface area contributed by atoms with Gasteiger partial charge in [-0.05, 0) is 30.5 Å². The number of H-pyrrole nitrogens is 1. The van der Waals surface area contributed by atoms with E-state index < -0.39 is 22.8 Å². The summed E-state index contributed by atoms with van der Waals surface area (Å²) in [6, 6.07) is 5.99. The van der Waals surface area contributed by atoms with Crippen molar-refractivity contribution in [3.8, 4) is 22.6 Å². The third kappa shape index (κ3) is 3.79. The van der Waals surface area contributed by atoms with Gasteiger partial charge in [0.05, 0.1) is 6.61 Å². The topological polar surface area (TPSA) is 99.6 Å². The molecule has 0 spiro atoms. The van der Waals surface area contributed by atoms with Crippen molar-refractivity contribution in [2.45, 2.75) is 12.8 Å². The molecule has 0 aliphatic rings. The van der Waals surface area contributed by atoms with Gasteiger partial charge in [0.15, 0.2) is 5.56 Å². The first kappa shape index (κ1) is 16.4. The number of unbranched alkanes of at least 4 members (excludes halogenated alkanes) is 1. The average Bonchev–Trinajstić information content (AvgIpc) is 2.53. The molecule has 0 bridgehead atoms. The van der Waals surface area contributed by atoms with Crippen LogP contribution in [0.3, 0.4) is 0 Å². The van der Waals surface area contributed by atoms with Gasteiger partial charge in [0.25, 0.3) is 5.56 Å². The molecule has 0 amide bonds. The molecule has 6 heteroatoms. The number of carbonyl (C=O) groups is 1. The van der Waals surface area contributed by atoms with E-state index in [1.165, 1.54) is 18.3 Å². The van der Waals surface area contributed by atoms with E-state index in [0.29, 0.717) is 18.4 Å². The Morgan fingerprint density at radius 2 is 1.96 bits per heavy atom. The SMILES string of the molecule is C=CCCCOC(=O)c1c(O)c(-c2ccc(O)cc2)c[nH]c1=O. The summed E-state index contributed by atoms with van der Waals surface area (Å²) in [6.07, 6.45) is 4.27. The first-order valence-electron chi connectivity index (χ1n) is 7.06. The number of aromatic nitrogens is 1. The van der Waals surface area contributed by atoms with Crippen molar-refractivity contribution in [2.24, 2.45) is 0 Å². The minimum absolute atomic E-state index is 0.0690. The number of ether oxygens (including phenoxy) is 1. The molecule has 6 nitrogen and oxygen atoms in total. The zero-order valence-corrected chi connectivity index (χ0v) is 12.4. The van der Waals surface area contributed by atoms with E-state index in [2.05, 4.69) is 11.6 Å². The minimum atomic E-state index is -0.881. The molecule has 0 atom stereocenters. The number of nitrogens with one attached hydrogen (secondary N) is 1. The molecule has 23 heavy (non-hydrogen) atoms. The lowest BCUT2D eigenvalue weighted by Crippen LogP contribution is -2.20. The highest BCUT2D eigenvalue weighted by Crippen LogP contribution is 2.30. The monoisotopic (exact) mass is 315 g/mol.